The number of para-hydroxylation sites is 2. The summed E-state index contributed by atoms with van der Waals surface area (Å²) >= 11 is 0. The smallest absolute Gasteiger partial charge is 0.258 e. The van der Waals surface area contributed by atoms with Gasteiger partial charge in [-0.1, -0.05) is 36.4 Å². The molecule has 3 aromatic carbocycles. The average molecular weight is 402 g/mol. The van der Waals surface area contributed by atoms with Gasteiger partial charge < -0.3 is 19.7 Å². The van der Waals surface area contributed by atoms with Crippen molar-refractivity contribution in [1.29, 1.82) is 0 Å². The second-order valence-corrected chi connectivity index (χ2v) is 7.45. The van der Waals surface area contributed by atoms with Gasteiger partial charge in [0.25, 0.3) is 5.91 Å². The number of rotatable bonds is 5. The molecular formula is C25H26N2O3. The van der Waals surface area contributed by atoms with Crippen molar-refractivity contribution in [2.75, 3.05) is 24.4 Å². The van der Waals surface area contributed by atoms with Gasteiger partial charge in [0.2, 0.25) is 0 Å². The molecule has 1 aliphatic heterocycles. The van der Waals surface area contributed by atoms with E-state index in [1.54, 1.807) is 32.4 Å². The molecule has 1 amide bonds. The van der Waals surface area contributed by atoms with Crippen molar-refractivity contribution in [3.05, 3.63) is 83.9 Å². The first kappa shape index (κ1) is 19.8. The molecular weight excluding hydrogens is 376 g/mol. The number of anilines is 2. The van der Waals surface area contributed by atoms with E-state index in [2.05, 4.69) is 30.4 Å². The molecule has 0 saturated heterocycles. The molecule has 2 atom stereocenters. The Morgan fingerprint density at radius 3 is 2.37 bits per heavy atom. The van der Waals surface area contributed by atoms with Crippen molar-refractivity contribution >= 4 is 17.3 Å². The molecule has 0 aromatic heterocycles. The Hall–Kier alpha value is -3.47. The number of ether oxygens (including phenoxy) is 2. The first-order valence-electron chi connectivity index (χ1n) is 10.1. The summed E-state index contributed by atoms with van der Waals surface area (Å²) < 4.78 is 10.7. The van der Waals surface area contributed by atoms with Crippen LogP contribution in [0.5, 0.6) is 11.5 Å². The van der Waals surface area contributed by atoms with Crippen LogP contribution in [0.3, 0.4) is 0 Å². The standard InChI is InChI=1S/C25H26N2O3/c1-17-15-21(26-19-9-5-4-6-10-19)20-11-7-8-12-22(20)27(17)25(28)18-13-14-23(29-2)24(16-18)30-3/h4-14,16-17,21,26H,15H2,1-3H3/t17-,21-/m0/s1. The Bertz CT molecular complexity index is 1040. The van der Waals surface area contributed by atoms with Gasteiger partial charge in [0, 0.05) is 23.0 Å². The molecule has 0 spiro atoms. The van der Waals surface area contributed by atoms with Crippen LogP contribution < -0.4 is 19.7 Å². The summed E-state index contributed by atoms with van der Waals surface area (Å²) in [6, 6.07) is 23.7. The van der Waals surface area contributed by atoms with Crippen molar-refractivity contribution in [2.45, 2.75) is 25.4 Å². The number of carbonyl (C=O) groups excluding carboxylic acids is 1. The fourth-order valence-corrected chi connectivity index (χ4v) is 4.10. The summed E-state index contributed by atoms with van der Waals surface area (Å²) in [5.41, 5.74) is 3.70. The van der Waals surface area contributed by atoms with Crippen LogP contribution in [0.15, 0.2) is 72.8 Å². The molecule has 30 heavy (non-hydrogen) atoms. The molecule has 0 aliphatic carbocycles. The van der Waals surface area contributed by atoms with Gasteiger partial charge in [0.1, 0.15) is 0 Å². The molecule has 0 unspecified atom stereocenters. The first-order valence-corrected chi connectivity index (χ1v) is 10.1. The maximum Gasteiger partial charge on any atom is 0.258 e. The van der Waals surface area contributed by atoms with Gasteiger partial charge in [-0.2, -0.15) is 0 Å². The Labute approximate surface area is 177 Å². The molecule has 0 saturated carbocycles. The van der Waals surface area contributed by atoms with Gasteiger partial charge in [0.15, 0.2) is 11.5 Å². The molecule has 0 fully saturated rings. The zero-order valence-electron chi connectivity index (χ0n) is 17.5. The quantitative estimate of drug-likeness (QED) is 0.629. The molecule has 3 aromatic rings. The van der Waals surface area contributed by atoms with Crippen molar-refractivity contribution < 1.29 is 14.3 Å². The van der Waals surface area contributed by atoms with Crippen molar-refractivity contribution in [3.63, 3.8) is 0 Å². The lowest BCUT2D eigenvalue weighted by Crippen LogP contribution is -2.44. The van der Waals surface area contributed by atoms with Gasteiger partial charge in [-0.05, 0) is 55.3 Å². The zero-order chi connectivity index (χ0) is 21.1. The van der Waals surface area contributed by atoms with E-state index in [0.717, 1.165) is 23.4 Å². The highest BCUT2D eigenvalue weighted by Gasteiger charge is 2.34. The van der Waals surface area contributed by atoms with Crippen molar-refractivity contribution in [3.8, 4) is 11.5 Å². The lowest BCUT2D eigenvalue weighted by Gasteiger charge is -2.40. The number of hydrogen-bond donors (Lipinski definition) is 1. The zero-order valence-corrected chi connectivity index (χ0v) is 17.5. The Kier molecular flexibility index (Phi) is 5.61. The van der Waals surface area contributed by atoms with E-state index in [1.165, 1.54) is 0 Å². The molecule has 4 rings (SSSR count). The Balaban J connectivity index is 1.68. The lowest BCUT2D eigenvalue weighted by molar-refractivity contribution is 0.0973. The predicted molar refractivity (Wildman–Crippen MR) is 120 cm³/mol. The second kappa shape index (κ2) is 8.49. The third-order valence-electron chi connectivity index (χ3n) is 5.55. The number of nitrogens with one attached hydrogen (secondary N) is 1. The third kappa shape index (κ3) is 3.71. The van der Waals surface area contributed by atoms with Crippen molar-refractivity contribution in [1.82, 2.24) is 0 Å². The highest BCUT2D eigenvalue weighted by atomic mass is 16.5. The predicted octanol–water partition coefficient (Wildman–Crippen LogP) is 5.30. The number of hydrogen-bond acceptors (Lipinski definition) is 4. The average Bonchev–Trinajstić information content (AvgIpc) is 2.79. The maximum atomic E-state index is 13.5. The topological polar surface area (TPSA) is 50.8 Å². The summed E-state index contributed by atoms with van der Waals surface area (Å²) in [5, 5.41) is 3.63. The van der Waals surface area contributed by atoms with E-state index >= 15 is 0 Å². The summed E-state index contributed by atoms with van der Waals surface area (Å²) in [6.07, 6.45) is 0.810. The highest BCUT2D eigenvalue weighted by molar-refractivity contribution is 6.07. The number of amides is 1. The van der Waals surface area contributed by atoms with E-state index < -0.39 is 0 Å². The van der Waals surface area contributed by atoms with Gasteiger partial charge in [-0.25, -0.2) is 0 Å². The molecule has 5 heteroatoms. The fourth-order valence-electron chi connectivity index (χ4n) is 4.10. The molecule has 5 nitrogen and oxygen atoms in total. The Morgan fingerprint density at radius 2 is 1.63 bits per heavy atom. The normalized spacial score (nSPS) is 17.8. The summed E-state index contributed by atoms with van der Waals surface area (Å²) in [6.45, 7) is 2.09. The summed E-state index contributed by atoms with van der Waals surface area (Å²) in [7, 11) is 3.16. The third-order valence-corrected chi connectivity index (χ3v) is 5.55. The van der Waals surface area contributed by atoms with Crippen LogP contribution in [-0.2, 0) is 0 Å². The van der Waals surface area contributed by atoms with E-state index in [9.17, 15) is 4.79 Å². The summed E-state index contributed by atoms with van der Waals surface area (Å²) in [4.78, 5) is 15.4. The van der Waals surface area contributed by atoms with Crippen LogP contribution in [0.1, 0.15) is 35.3 Å². The largest absolute Gasteiger partial charge is 0.493 e. The van der Waals surface area contributed by atoms with E-state index in [1.807, 2.05) is 41.3 Å². The minimum absolute atomic E-state index is 0.0294. The summed E-state index contributed by atoms with van der Waals surface area (Å²) in [5.74, 6) is 1.10. The van der Waals surface area contributed by atoms with Crippen LogP contribution >= 0.6 is 0 Å². The van der Waals surface area contributed by atoms with Gasteiger partial charge >= 0.3 is 0 Å². The number of fused-ring (bicyclic) bond motifs is 1. The van der Waals surface area contributed by atoms with E-state index in [-0.39, 0.29) is 18.0 Å². The second-order valence-electron chi connectivity index (χ2n) is 7.45. The molecule has 1 aliphatic rings. The van der Waals surface area contributed by atoms with Gasteiger partial charge in [-0.3, -0.25) is 4.79 Å². The molecule has 154 valence electrons. The molecule has 1 heterocycles. The molecule has 1 N–H and O–H groups in total. The monoisotopic (exact) mass is 402 g/mol. The minimum Gasteiger partial charge on any atom is -0.493 e. The van der Waals surface area contributed by atoms with Gasteiger partial charge in [0.05, 0.1) is 20.3 Å². The van der Waals surface area contributed by atoms with Crippen LogP contribution in [-0.4, -0.2) is 26.2 Å². The van der Waals surface area contributed by atoms with Gasteiger partial charge in [-0.15, -0.1) is 0 Å². The molecule has 0 bridgehead atoms. The van der Waals surface area contributed by atoms with Crippen LogP contribution in [0, 0.1) is 0 Å². The number of benzene rings is 3. The van der Waals surface area contributed by atoms with E-state index in [0.29, 0.717) is 17.1 Å². The van der Waals surface area contributed by atoms with Crippen LogP contribution in [0.2, 0.25) is 0 Å². The fraction of sp³-hybridized carbons (Fsp3) is 0.240. The minimum atomic E-state index is -0.0472. The lowest BCUT2D eigenvalue weighted by atomic mass is 9.90. The number of carbonyl (C=O) groups is 1. The van der Waals surface area contributed by atoms with Crippen LogP contribution in [0.4, 0.5) is 11.4 Å². The van der Waals surface area contributed by atoms with Crippen molar-refractivity contribution in [2.24, 2.45) is 0 Å². The first-order chi connectivity index (χ1) is 14.6. The number of nitrogens with zero attached hydrogens (tertiary/aromatic N) is 1. The maximum absolute atomic E-state index is 13.5. The molecule has 0 radical (unpaired) electrons. The Morgan fingerprint density at radius 1 is 0.933 bits per heavy atom. The van der Waals surface area contributed by atoms with E-state index in [4.69, 9.17) is 9.47 Å². The highest BCUT2D eigenvalue weighted by Crippen LogP contribution is 2.40. The SMILES string of the molecule is COc1ccc(C(=O)N2c3ccccc3[C@@H](Nc3ccccc3)C[C@@H]2C)cc1OC. The number of methoxy groups -OCH3 is 2. The van der Waals surface area contributed by atoms with Crippen LogP contribution in [0.25, 0.3) is 0 Å².